The first-order chi connectivity index (χ1) is 19.2. The second kappa shape index (κ2) is 9.11. The molecule has 3 aromatic rings. The van der Waals surface area contributed by atoms with Crippen LogP contribution < -0.4 is 11.3 Å². The summed E-state index contributed by atoms with van der Waals surface area (Å²) in [5, 5.41) is 12.0. The predicted molar refractivity (Wildman–Crippen MR) is 154 cm³/mol. The summed E-state index contributed by atoms with van der Waals surface area (Å²) in [4.78, 5) is 46.4. The Morgan fingerprint density at radius 1 is 1.34 bits per heavy atom. The SMILES string of the molecule is CC[C@@]1(O)C(=O)OCc2c1cc1n(c2=O)Cc2c-1nc1cc(F)c(C)c3c1c2[C@@H](N(C)C(=O)[C@@H](N)C(C)(C)S)CC3. The summed E-state index contributed by atoms with van der Waals surface area (Å²) in [5.74, 6) is -1.46. The molecule has 6 rings (SSSR count). The number of carbonyl (C=O) groups is 2. The van der Waals surface area contributed by atoms with Gasteiger partial charge in [0.05, 0.1) is 41.1 Å². The Labute approximate surface area is 241 Å². The van der Waals surface area contributed by atoms with Crippen molar-refractivity contribution in [3.05, 3.63) is 61.7 Å². The van der Waals surface area contributed by atoms with Gasteiger partial charge >= 0.3 is 5.97 Å². The molecule has 0 bridgehead atoms. The number of aliphatic hydroxyl groups is 1. The summed E-state index contributed by atoms with van der Waals surface area (Å²) in [6, 6.07) is 1.76. The molecule has 216 valence electrons. The summed E-state index contributed by atoms with van der Waals surface area (Å²) in [6.07, 6.45) is 1.10. The number of thiol groups is 1. The second-order valence-electron chi connectivity index (χ2n) is 11.9. The van der Waals surface area contributed by atoms with Gasteiger partial charge in [0.15, 0.2) is 5.60 Å². The third-order valence-electron chi connectivity index (χ3n) is 9.19. The van der Waals surface area contributed by atoms with E-state index in [9.17, 15) is 19.5 Å². The van der Waals surface area contributed by atoms with Gasteiger partial charge in [-0.2, -0.15) is 12.6 Å². The van der Waals surface area contributed by atoms with E-state index in [-0.39, 0.29) is 48.0 Å². The highest BCUT2D eigenvalue weighted by Crippen LogP contribution is 2.47. The van der Waals surface area contributed by atoms with Gasteiger partial charge in [-0.1, -0.05) is 6.92 Å². The van der Waals surface area contributed by atoms with E-state index in [1.165, 1.54) is 6.07 Å². The number of rotatable bonds is 4. The van der Waals surface area contributed by atoms with Crippen LogP contribution in [0.4, 0.5) is 4.39 Å². The molecule has 1 aromatic carbocycles. The number of hydrogen-bond donors (Lipinski definition) is 3. The zero-order chi connectivity index (χ0) is 29.8. The van der Waals surface area contributed by atoms with Crippen molar-refractivity contribution >= 4 is 35.4 Å². The lowest BCUT2D eigenvalue weighted by Gasteiger charge is -2.38. The highest BCUT2D eigenvalue weighted by Gasteiger charge is 2.46. The van der Waals surface area contributed by atoms with Crippen LogP contribution in [0.15, 0.2) is 16.9 Å². The lowest BCUT2D eigenvalue weighted by Crippen LogP contribution is -2.52. The number of aromatic nitrogens is 2. The maximum absolute atomic E-state index is 15.1. The van der Waals surface area contributed by atoms with Crippen molar-refractivity contribution in [3.8, 4) is 11.4 Å². The van der Waals surface area contributed by atoms with Gasteiger partial charge in [-0.05, 0) is 62.8 Å². The molecule has 3 atom stereocenters. The Morgan fingerprint density at radius 2 is 2.05 bits per heavy atom. The van der Waals surface area contributed by atoms with Gasteiger partial charge < -0.3 is 25.0 Å². The second-order valence-corrected chi connectivity index (χ2v) is 13.1. The van der Waals surface area contributed by atoms with Crippen molar-refractivity contribution in [2.24, 2.45) is 5.73 Å². The fourth-order valence-electron chi connectivity index (χ4n) is 6.59. The van der Waals surface area contributed by atoms with Crippen LogP contribution >= 0.6 is 12.6 Å². The van der Waals surface area contributed by atoms with E-state index in [2.05, 4.69) is 12.6 Å². The summed E-state index contributed by atoms with van der Waals surface area (Å²) in [7, 11) is 1.71. The Kier molecular flexibility index (Phi) is 6.19. The van der Waals surface area contributed by atoms with Crippen LogP contribution in [-0.4, -0.2) is 49.3 Å². The fourth-order valence-corrected chi connectivity index (χ4v) is 6.70. The molecule has 0 unspecified atom stereocenters. The van der Waals surface area contributed by atoms with Gasteiger partial charge in [0.25, 0.3) is 5.56 Å². The molecule has 1 aliphatic carbocycles. The molecule has 11 heteroatoms. The molecule has 3 aliphatic rings. The highest BCUT2D eigenvalue weighted by molar-refractivity contribution is 7.81. The largest absolute Gasteiger partial charge is 0.458 e. The predicted octanol–water partition coefficient (Wildman–Crippen LogP) is 3.01. The van der Waals surface area contributed by atoms with E-state index in [1.54, 1.807) is 50.3 Å². The van der Waals surface area contributed by atoms with Gasteiger partial charge in [0.1, 0.15) is 12.4 Å². The number of nitrogens with zero attached hydrogens (tertiary/aromatic N) is 3. The van der Waals surface area contributed by atoms with E-state index in [1.807, 2.05) is 0 Å². The first-order valence-electron chi connectivity index (χ1n) is 13.8. The van der Waals surface area contributed by atoms with Crippen LogP contribution in [0.25, 0.3) is 22.3 Å². The lowest BCUT2D eigenvalue weighted by atomic mass is 9.81. The number of ether oxygens (including phenoxy) is 1. The average Bonchev–Trinajstić information content (AvgIpc) is 3.30. The molecule has 0 radical (unpaired) electrons. The molecular weight excluding hydrogens is 547 g/mol. The van der Waals surface area contributed by atoms with Gasteiger partial charge in [-0.3, -0.25) is 9.59 Å². The van der Waals surface area contributed by atoms with Crippen LogP contribution in [0.3, 0.4) is 0 Å². The highest BCUT2D eigenvalue weighted by atomic mass is 32.1. The number of nitrogens with two attached hydrogens (primary N) is 1. The number of halogens is 1. The number of hydrogen-bond acceptors (Lipinski definition) is 8. The van der Waals surface area contributed by atoms with E-state index in [4.69, 9.17) is 15.5 Å². The molecule has 0 spiro atoms. The molecule has 0 saturated heterocycles. The normalized spacial score (nSPS) is 21.7. The first kappa shape index (κ1) is 27.9. The number of fused-ring (bicyclic) bond motifs is 5. The molecular formula is C30H33FN4O5S. The fraction of sp³-hybridized carbons (Fsp3) is 0.467. The summed E-state index contributed by atoms with van der Waals surface area (Å²) >= 11 is 4.53. The number of cyclic esters (lactones) is 1. The van der Waals surface area contributed by atoms with Crippen LogP contribution in [0.5, 0.6) is 0 Å². The van der Waals surface area contributed by atoms with E-state index in [0.29, 0.717) is 35.3 Å². The molecule has 1 amide bonds. The monoisotopic (exact) mass is 580 g/mol. The molecule has 4 heterocycles. The lowest BCUT2D eigenvalue weighted by molar-refractivity contribution is -0.172. The molecule has 2 aliphatic heterocycles. The van der Waals surface area contributed by atoms with Crippen molar-refractivity contribution in [3.63, 3.8) is 0 Å². The Balaban J connectivity index is 1.62. The smallest absolute Gasteiger partial charge is 0.343 e. The van der Waals surface area contributed by atoms with E-state index >= 15 is 4.39 Å². The van der Waals surface area contributed by atoms with Gasteiger partial charge in [-0.15, -0.1) is 0 Å². The maximum atomic E-state index is 15.1. The number of benzene rings is 1. The van der Waals surface area contributed by atoms with Crippen molar-refractivity contribution in [1.29, 1.82) is 0 Å². The minimum Gasteiger partial charge on any atom is -0.458 e. The zero-order valence-electron chi connectivity index (χ0n) is 23.7. The molecule has 2 aromatic heterocycles. The third kappa shape index (κ3) is 3.81. The van der Waals surface area contributed by atoms with Gasteiger partial charge in [0, 0.05) is 34.4 Å². The standard InChI is InChI=1S/C30H33FN4O5S/c1-6-30(39)17-9-21-24-15(11-35(21)26(36)16(17)12-40-28(30)38)23-20(34(5)27(37)25(32)29(3,4)41)8-7-14-13(2)18(31)10-19(33-24)22(14)23/h9-10,20,25,39,41H,6-8,11-12,32H2,1-5H3/t20-,25+,30-/m0/s1. The van der Waals surface area contributed by atoms with Crippen molar-refractivity contribution < 1.29 is 23.8 Å². The number of amides is 1. The Morgan fingerprint density at radius 3 is 2.71 bits per heavy atom. The number of aryl methyl sites for hydroxylation is 1. The molecule has 0 saturated carbocycles. The van der Waals surface area contributed by atoms with E-state index < -0.39 is 28.4 Å². The first-order valence-corrected chi connectivity index (χ1v) is 14.2. The minimum atomic E-state index is -1.96. The summed E-state index contributed by atoms with van der Waals surface area (Å²) < 4.78 is 21.1. The Hall–Kier alpha value is -3.28. The van der Waals surface area contributed by atoms with Crippen LogP contribution in [-0.2, 0) is 39.5 Å². The molecule has 9 nitrogen and oxygen atoms in total. The van der Waals surface area contributed by atoms with Crippen LogP contribution in [0, 0.1) is 12.7 Å². The summed E-state index contributed by atoms with van der Waals surface area (Å²) in [5.41, 5.74) is 8.65. The van der Waals surface area contributed by atoms with Crippen molar-refractivity contribution in [2.75, 3.05) is 7.05 Å². The molecule has 3 N–H and O–H groups in total. The Bertz CT molecular complexity index is 1750. The number of likely N-dealkylation sites (N-methyl/N-ethyl adjacent to an activating group) is 1. The van der Waals surface area contributed by atoms with Crippen molar-refractivity contribution in [1.82, 2.24) is 14.5 Å². The number of pyridine rings is 2. The van der Waals surface area contributed by atoms with Crippen LogP contribution in [0.2, 0.25) is 0 Å². The van der Waals surface area contributed by atoms with Crippen LogP contribution in [0.1, 0.15) is 73.0 Å². The topological polar surface area (TPSA) is 128 Å². The maximum Gasteiger partial charge on any atom is 0.343 e. The third-order valence-corrected chi connectivity index (χ3v) is 9.47. The molecule has 41 heavy (non-hydrogen) atoms. The number of carbonyl (C=O) groups excluding carboxylic acids is 2. The zero-order valence-corrected chi connectivity index (χ0v) is 24.6. The van der Waals surface area contributed by atoms with Gasteiger partial charge in [0.2, 0.25) is 5.91 Å². The quantitative estimate of drug-likeness (QED) is 0.250. The summed E-state index contributed by atoms with van der Waals surface area (Å²) in [6.45, 7) is 6.89. The molecule has 0 fully saturated rings. The average molecular weight is 581 g/mol. The van der Waals surface area contributed by atoms with Gasteiger partial charge in [-0.25, -0.2) is 14.2 Å². The van der Waals surface area contributed by atoms with Crippen molar-refractivity contribution in [2.45, 2.75) is 82.5 Å². The van der Waals surface area contributed by atoms with E-state index in [0.717, 1.165) is 22.1 Å². The minimum absolute atomic E-state index is 0.0234. The number of esters is 1.